The molecule has 1 aliphatic carbocycles. The Morgan fingerprint density at radius 2 is 2.16 bits per heavy atom. The molecule has 0 radical (unpaired) electrons. The molecule has 1 aromatic carbocycles. The number of pyridine rings is 1. The Labute approximate surface area is 148 Å². The summed E-state index contributed by atoms with van der Waals surface area (Å²) in [6.45, 7) is 1.09. The van der Waals surface area contributed by atoms with Gasteiger partial charge in [0.1, 0.15) is 12.4 Å². The zero-order valence-electron chi connectivity index (χ0n) is 14.2. The maximum Gasteiger partial charge on any atom is 0.319 e. The lowest BCUT2D eigenvalue weighted by Crippen LogP contribution is -2.33. The third-order valence-electron chi connectivity index (χ3n) is 4.13. The summed E-state index contributed by atoms with van der Waals surface area (Å²) in [6, 6.07) is 12.9. The van der Waals surface area contributed by atoms with Crippen LogP contribution >= 0.6 is 0 Å². The van der Waals surface area contributed by atoms with E-state index in [0.29, 0.717) is 30.5 Å². The molecule has 0 spiro atoms. The molecule has 1 atom stereocenters. The summed E-state index contributed by atoms with van der Waals surface area (Å²) in [6.07, 6.45) is 9.40. The van der Waals surface area contributed by atoms with Gasteiger partial charge in [0.2, 0.25) is 0 Å². The highest BCUT2D eigenvalue weighted by Crippen LogP contribution is 2.19. The highest BCUT2D eigenvalue weighted by atomic mass is 16.5. The molecular weight excluding hydrogens is 314 g/mol. The van der Waals surface area contributed by atoms with Gasteiger partial charge in [0.15, 0.2) is 0 Å². The third-order valence-corrected chi connectivity index (χ3v) is 4.13. The van der Waals surface area contributed by atoms with Gasteiger partial charge in [0.05, 0.1) is 5.69 Å². The second-order valence-electron chi connectivity index (χ2n) is 6.12. The fourth-order valence-corrected chi connectivity index (χ4v) is 2.76. The van der Waals surface area contributed by atoms with Crippen LogP contribution in [0.1, 0.15) is 25.0 Å². The zero-order valence-corrected chi connectivity index (χ0v) is 14.2. The summed E-state index contributed by atoms with van der Waals surface area (Å²) in [5, 5.41) is 5.80. The lowest BCUT2D eigenvalue weighted by atomic mass is 9.94. The van der Waals surface area contributed by atoms with Crippen LogP contribution in [0, 0.1) is 5.92 Å². The number of ether oxygens (including phenoxy) is 1. The standard InChI is InChI=1S/C20H23N3O2/c24-20(22-14-16-7-2-1-3-8-16)23-17-10-6-11-19(13-17)25-15-18-9-4-5-12-21-18/h1-2,4-6,9-13,16H,3,7-8,14-15H2,(H2,22,23,24). The van der Waals surface area contributed by atoms with Crippen LogP contribution in [0.2, 0.25) is 0 Å². The van der Waals surface area contributed by atoms with E-state index in [9.17, 15) is 4.79 Å². The Morgan fingerprint density at radius 1 is 1.20 bits per heavy atom. The van der Waals surface area contributed by atoms with Crippen molar-refractivity contribution in [3.05, 3.63) is 66.5 Å². The highest BCUT2D eigenvalue weighted by Gasteiger charge is 2.11. The normalized spacial score (nSPS) is 16.2. The van der Waals surface area contributed by atoms with Crippen LogP contribution in [0.4, 0.5) is 10.5 Å². The number of nitrogens with zero attached hydrogens (tertiary/aromatic N) is 1. The topological polar surface area (TPSA) is 63.2 Å². The Morgan fingerprint density at radius 3 is 2.96 bits per heavy atom. The number of urea groups is 1. The first-order valence-corrected chi connectivity index (χ1v) is 8.62. The van der Waals surface area contributed by atoms with Crippen molar-refractivity contribution in [1.29, 1.82) is 0 Å². The zero-order chi connectivity index (χ0) is 17.3. The maximum atomic E-state index is 12.1. The third kappa shape index (κ3) is 5.64. The van der Waals surface area contributed by atoms with Gasteiger partial charge in [-0.15, -0.1) is 0 Å². The lowest BCUT2D eigenvalue weighted by Gasteiger charge is -2.18. The number of anilines is 1. The molecule has 5 heteroatoms. The average molecular weight is 337 g/mol. The van der Waals surface area contributed by atoms with Gasteiger partial charge < -0.3 is 15.4 Å². The van der Waals surface area contributed by atoms with Crippen molar-refractivity contribution in [3.63, 3.8) is 0 Å². The molecule has 130 valence electrons. The molecule has 2 N–H and O–H groups in total. The number of nitrogens with one attached hydrogen (secondary N) is 2. The average Bonchev–Trinajstić information content (AvgIpc) is 2.67. The predicted octanol–water partition coefficient (Wildman–Crippen LogP) is 4.14. The number of carbonyl (C=O) groups excluding carboxylic acids is 1. The molecule has 1 aromatic heterocycles. The van der Waals surface area contributed by atoms with E-state index in [2.05, 4.69) is 27.8 Å². The monoisotopic (exact) mass is 337 g/mol. The molecule has 3 rings (SSSR count). The van der Waals surface area contributed by atoms with Crippen molar-refractivity contribution >= 4 is 11.7 Å². The predicted molar refractivity (Wildman–Crippen MR) is 98.5 cm³/mol. The quantitative estimate of drug-likeness (QED) is 0.779. The molecule has 25 heavy (non-hydrogen) atoms. The summed E-state index contributed by atoms with van der Waals surface area (Å²) in [7, 11) is 0. The fraction of sp³-hybridized carbons (Fsp3) is 0.300. The van der Waals surface area contributed by atoms with Crippen molar-refractivity contribution in [1.82, 2.24) is 10.3 Å². The molecule has 5 nitrogen and oxygen atoms in total. The maximum absolute atomic E-state index is 12.1. The molecule has 2 aromatic rings. The molecule has 0 saturated heterocycles. The number of aromatic nitrogens is 1. The largest absolute Gasteiger partial charge is 0.487 e. The number of allylic oxidation sites excluding steroid dienone is 2. The first-order valence-electron chi connectivity index (χ1n) is 8.62. The molecule has 0 saturated carbocycles. The smallest absolute Gasteiger partial charge is 0.319 e. The van der Waals surface area contributed by atoms with Gasteiger partial charge in [-0.05, 0) is 49.4 Å². The summed E-state index contributed by atoms with van der Waals surface area (Å²) >= 11 is 0. The molecule has 0 bridgehead atoms. The molecular formula is C20H23N3O2. The SMILES string of the molecule is O=C(NCC1CC=CCC1)Nc1cccc(OCc2ccccn2)c1. The second kappa shape index (κ2) is 8.87. The van der Waals surface area contributed by atoms with E-state index in [4.69, 9.17) is 4.74 Å². The van der Waals surface area contributed by atoms with Gasteiger partial charge in [0.25, 0.3) is 0 Å². The van der Waals surface area contributed by atoms with Crippen molar-refractivity contribution in [3.8, 4) is 5.75 Å². The van der Waals surface area contributed by atoms with E-state index in [-0.39, 0.29) is 6.03 Å². The Balaban J connectivity index is 1.47. The molecule has 0 fully saturated rings. The lowest BCUT2D eigenvalue weighted by molar-refractivity contribution is 0.249. The van der Waals surface area contributed by atoms with Gasteiger partial charge in [-0.25, -0.2) is 4.79 Å². The van der Waals surface area contributed by atoms with Gasteiger partial charge in [0, 0.05) is 24.5 Å². The first-order chi connectivity index (χ1) is 12.3. The number of hydrogen-bond acceptors (Lipinski definition) is 3. The molecule has 2 amide bonds. The van der Waals surface area contributed by atoms with Crippen molar-refractivity contribution < 1.29 is 9.53 Å². The van der Waals surface area contributed by atoms with Gasteiger partial charge in [-0.3, -0.25) is 4.98 Å². The number of amides is 2. The van der Waals surface area contributed by atoms with Crippen LogP contribution < -0.4 is 15.4 Å². The number of rotatable bonds is 6. The van der Waals surface area contributed by atoms with Crippen LogP contribution in [0.25, 0.3) is 0 Å². The van der Waals surface area contributed by atoms with Crippen LogP contribution in [-0.4, -0.2) is 17.6 Å². The minimum Gasteiger partial charge on any atom is -0.487 e. The van der Waals surface area contributed by atoms with Crippen LogP contribution in [0.3, 0.4) is 0 Å². The van der Waals surface area contributed by atoms with Crippen LogP contribution in [0.5, 0.6) is 5.75 Å². The van der Waals surface area contributed by atoms with E-state index in [1.165, 1.54) is 0 Å². The Bertz CT molecular complexity index is 716. The van der Waals surface area contributed by atoms with Gasteiger partial charge >= 0.3 is 6.03 Å². The van der Waals surface area contributed by atoms with E-state index < -0.39 is 0 Å². The van der Waals surface area contributed by atoms with Gasteiger partial charge in [-0.1, -0.05) is 24.3 Å². The van der Waals surface area contributed by atoms with E-state index in [1.807, 2.05) is 42.5 Å². The molecule has 1 unspecified atom stereocenters. The minimum atomic E-state index is -0.184. The fourth-order valence-electron chi connectivity index (χ4n) is 2.76. The van der Waals surface area contributed by atoms with E-state index in [0.717, 1.165) is 25.0 Å². The first kappa shape index (κ1) is 17.0. The summed E-state index contributed by atoms with van der Waals surface area (Å²) in [5.41, 5.74) is 1.57. The van der Waals surface area contributed by atoms with Gasteiger partial charge in [-0.2, -0.15) is 0 Å². The Hall–Kier alpha value is -2.82. The van der Waals surface area contributed by atoms with Crippen molar-refractivity contribution in [2.45, 2.75) is 25.9 Å². The summed E-state index contributed by atoms with van der Waals surface area (Å²) < 4.78 is 5.73. The highest BCUT2D eigenvalue weighted by molar-refractivity contribution is 5.89. The number of benzene rings is 1. The Kier molecular flexibility index (Phi) is 6.04. The molecule has 1 aliphatic rings. The van der Waals surface area contributed by atoms with Crippen LogP contribution in [-0.2, 0) is 6.61 Å². The summed E-state index contributed by atoms with van der Waals surface area (Å²) in [5.74, 6) is 1.23. The van der Waals surface area contributed by atoms with Crippen LogP contribution in [0.15, 0.2) is 60.8 Å². The number of carbonyl (C=O) groups is 1. The van der Waals surface area contributed by atoms with E-state index in [1.54, 1.807) is 6.20 Å². The molecule has 1 heterocycles. The number of hydrogen-bond donors (Lipinski definition) is 2. The molecule has 0 aliphatic heterocycles. The summed E-state index contributed by atoms with van der Waals surface area (Å²) in [4.78, 5) is 16.3. The minimum absolute atomic E-state index is 0.184. The van der Waals surface area contributed by atoms with E-state index >= 15 is 0 Å². The van der Waals surface area contributed by atoms with Crippen molar-refractivity contribution in [2.75, 3.05) is 11.9 Å². The van der Waals surface area contributed by atoms with Crippen molar-refractivity contribution in [2.24, 2.45) is 5.92 Å². The second-order valence-corrected chi connectivity index (χ2v) is 6.12.